The first-order chi connectivity index (χ1) is 8.06. The first kappa shape index (κ1) is 13.2. The molecule has 0 spiro atoms. The highest BCUT2D eigenvalue weighted by Crippen LogP contribution is 2.18. The van der Waals surface area contributed by atoms with Gasteiger partial charge >= 0.3 is 0 Å². The molecule has 5 heteroatoms. The fourth-order valence-corrected chi connectivity index (χ4v) is 1.23. The number of nitro groups is 1. The van der Waals surface area contributed by atoms with Gasteiger partial charge in [0.05, 0.1) is 16.2 Å². The number of rotatable bonds is 5. The molecule has 0 fully saturated rings. The summed E-state index contributed by atoms with van der Waals surface area (Å²) in [6.07, 6.45) is 0.848. The van der Waals surface area contributed by atoms with Crippen LogP contribution >= 0.6 is 0 Å². The second-order valence-electron chi connectivity index (χ2n) is 3.78. The van der Waals surface area contributed by atoms with Gasteiger partial charge in [-0.1, -0.05) is 24.2 Å². The lowest BCUT2D eigenvalue weighted by Crippen LogP contribution is -2.06. The molecule has 5 nitrogen and oxygen atoms in total. The van der Waals surface area contributed by atoms with Crippen LogP contribution in [0.3, 0.4) is 0 Å². The molecule has 0 aliphatic carbocycles. The van der Waals surface area contributed by atoms with E-state index < -0.39 is 4.92 Å². The van der Waals surface area contributed by atoms with Gasteiger partial charge in [-0.3, -0.25) is 10.1 Å². The first-order valence-electron chi connectivity index (χ1n) is 5.50. The van der Waals surface area contributed by atoms with Crippen molar-refractivity contribution in [1.82, 2.24) is 0 Å². The maximum Gasteiger partial charge on any atom is 0.278 e. The highest BCUT2D eigenvalue weighted by molar-refractivity contribution is 6.01. The molecule has 0 saturated heterocycles. The Kier molecular flexibility index (Phi) is 4.63. The van der Waals surface area contributed by atoms with Crippen molar-refractivity contribution in [3.05, 3.63) is 39.9 Å². The van der Waals surface area contributed by atoms with Gasteiger partial charge in [-0.2, -0.15) is 0 Å². The summed E-state index contributed by atoms with van der Waals surface area (Å²) in [6, 6.07) is 6.49. The minimum absolute atomic E-state index is 0.00715. The highest BCUT2D eigenvalue weighted by atomic mass is 16.6. The van der Waals surface area contributed by atoms with E-state index >= 15 is 0 Å². The highest BCUT2D eigenvalue weighted by Gasteiger charge is 2.15. The summed E-state index contributed by atoms with van der Waals surface area (Å²) in [5.74, 6) is 0. The van der Waals surface area contributed by atoms with Crippen LogP contribution in [0, 0.1) is 10.1 Å². The van der Waals surface area contributed by atoms with Gasteiger partial charge in [-0.05, 0) is 26.3 Å². The minimum Gasteiger partial charge on any atom is -0.393 e. The molecule has 92 valence electrons. The van der Waals surface area contributed by atoms with Crippen LogP contribution in [0.15, 0.2) is 29.4 Å². The van der Waals surface area contributed by atoms with Crippen LogP contribution in [-0.2, 0) is 4.84 Å². The maximum atomic E-state index is 10.8. The summed E-state index contributed by atoms with van der Waals surface area (Å²) in [7, 11) is 0. The van der Waals surface area contributed by atoms with Crippen molar-refractivity contribution in [1.29, 1.82) is 0 Å². The van der Waals surface area contributed by atoms with Crippen molar-refractivity contribution in [2.24, 2.45) is 5.16 Å². The van der Waals surface area contributed by atoms with E-state index in [0.29, 0.717) is 11.3 Å². The van der Waals surface area contributed by atoms with E-state index in [1.807, 2.05) is 13.8 Å². The van der Waals surface area contributed by atoms with E-state index in [2.05, 4.69) is 5.16 Å². The van der Waals surface area contributed by atoms with E-state index in [1.165, 1.54) is 6.07 Å². The molecular weight excluding hydrogens is 220 g/mol. The Morgan fingerprint density at radius 1 is 1.53 bits per heavy atom. The molecule has 0 aliphatic rings. The molecule has 0 radical (unpaired) electrons. The fraction of sp³-hybridized carbons (Fsp3) is 0.417. The molecular formula is C12H16N2O3. The summed E-state index contributed by atoms with van der Waals surface area (Å²) in [6.45, 7) is 5.58. The Morgan fingerprint density at radius 2 is 2.18 bits per heavy atom. The SMILES string of the molecule is CCC(C)O/N=C(\C)c1ccccc1[N+](=O)[O-]. The maximum absolute atomic E-state index is 10.8. The molecule has 0 N–H and O–H groups in total. The molecule has 1 aromatic rings. The monoisotopic (exact) mass is 236 g/mol. The van der Waals surface area contributed by atoms with Crippen molar-refractivity contribution in [2.75, 3.05) is 0 Å². The van der Waals surface area contributed by atoms with Crippen molar-refractivity contribution in [3.63, 3.8) is 0 Å². The third-order valence-corrected chi connectivity index (χ3v) is 2.44. The van der Waals surface area contributed by atoms with Gasteiger partial charge in [0, 0.05) is 6.07 Å². The van der Waals surface area contributed by atoms with Gasteiger partial charge < -0.3 is 4.84 Å². The molecule has 0 aliphatic heterocycles. The number of oxime groups is 1. The topological polar surface area (TPSA) is 64.7 Å². The van der Waals surface area contributed by atoms with Crippen LogP contribution < -0.4 is 0 Å². The zero-order valence-electron chi connectivity index (χ0n) is 10.2. The van der Waals surface area contributed by atoms with Crippen LogP contribution in [0.25, 0.3) is 0 Å². The second kappa shape index (κ2) is 5.98. The Balaban J connectivity index is 2.95. The lowest BCUT2D eigenvalue weighted by Gasteiger charge is -2.07. The first-order valence-corrected chi connectivity index (χ1v) is 5.50. The molecule has 17 heavy (non-hydrogen) atoms. The Morgan fingerprint density at radius 3 is 2.76 bits per heavy atom. The Hall–Kier alpha value is -1.91. The Bertz CT molecular complexity index is 430. The van der Waals surface area contributed by atoms with Crippen molar-refractivity contribution in [3.8, 4) is 0 Å². The number of hydrogen-bond acceptors (Lipinski definition) is 4. The number of para-hydroxylation sites is 1. The summed E-state index contributed by atoms with van der Waals surface area (Å²) >= 11 is 0. The van der Waals surface area contributed by atoms with E-state index in [1.54, 1.807) is 25.1 Å². The van der Waals surface area contributed by atoms with Crippen LogP contribution in [-0.4, -0.2) is 16.7 Å². The molecule has 0 bridgehead atoms. The zero-order valence-corrected chi connectivity index (χ0v) is 10.2. The van der Waals surface area contributed by atoms with Gasteiger partial charge in [-0.15, -0.1) is 0 Å². The summed E-state index contributed by atoms with van der Waals surface area (Å²) in [4.78, 5) is 15.6. The minimum atomic E-state index is -0.419. The number of hydrogen-bond donors (Lipinski definition) is 0. The van der Waals surface area contributed by atoms with Gasteiger partial charge in [0.1, 0.15) is 6.10 Å². The average molecular weight is 236 g/mol. The van der Waals surface area contributed by atoms with Crippen LogP contribution in [0.1, 0.15) is 32.8 Å². The molecule has 1 rings (SSSR count). The molecule has 0 saturated carbocycles. The van der Waals surface area contributed by atoms with E-state index in [0.717, 1.165) is 6.42 Å². The second-order valence-corrected chi connectivity index (χ2v) is 3.78. The lowest BCUT2D eigenvalue weighted by molar-refractivity contribution is -0.385. The number of nitrogens with zero attached hydrogens (tertiary/aromatic N) is 2. The largest absolute Gasteiger partial charge is 0.393 e. The van der Waals surface area contributed by atoms with E-state index in [-0.39, 0.29) is 11.8 Å². The van der Waals surface area contributed by atoms with Gasteiger partial charge in [0.2, 0.25) is 0 Å². The van der Waals surface area contributed by atoms with Gasteiger partial charge in [-0.25, -0.2) is 0 Å². The third-order valence-electron chi connectivity index (χ3n) is 2.44. The van der Waals surface area contributed by atoms with Crippen molar-refractivity contribution < 1.29 is 9.76 Å². The van der Waals surface area contributed by atoms with Crippen LogP contribution in [0.5, 0.6) is 0 Å². The summed E-state index contributed by atoms with van der Waals surface area (Å²) in [5.41, 5.74) is 1.04. The van der Waals surface area contributed by atoms with Gasteiger partial charge in [0.25, 0.3) is 5.69 Å². The van der Waals surface area contributed by atoms with Crippen LogP contribution in [0.2, 0.25) is 0 Å². The average Bonchev–Trinajstić information content (AvgIpc) is 2.35. The molecule has 1 aromatic carbocycles. The summed E-state index contributed by atoms with van der Waals surface area (Å²) < 4.78 is 0. The Labute approximate surface area is 100 Å². The fourth-order valence-electron chi connectivity index (χ4n) is 1.23. The quantitative estimate of drug-likeness (QED) is 0.448. The summed E-state index contributed by atoms with van der Waals surface area (Å²) in [5, 5.41) is 14.8. The molecule has 0 heterocycles. The number of nitro benzene ring substituents is 1. The number of benzene rings is 1. The molecule has 0 aromatic heterocycles. The standard InChI is InChI=1S/C12H16N2O3/c1-4-9(2)17-13-10(3)11-7-5-6-8-12(11)14(15)16/h5-9H,4H2,1-3H3/b13-10+. The molecule has 1 unspecified atom stereocenters. The normalized spacial score (nSPS) is 13.2. The van der Waals surface area contributed by atoms with Crippen molar-refractivity contribution >= 4 is 11.4 Å². The van der Waals surface area contributed by atoms with E-state index in [9.17, 15) is 10.1 Å². The van der Waals surface area contributed by atoms with Crippen molar-refractivity contribution in [2.45, 2.75) is 33.3 Å². The van der Waals surface area contributed by atoms with E-state index in [4.69, 9.17) is 4.84 Å². The molecule has 0 amide bonds. The molecule has 1 atom stereocenters. The predicted molar refractivity (Wildman–Crippen MR) is 66.1 cm³/mol. The van der Waals surface area contributed by atoms with Crippen LogP contribution in [0.4, 0.5) is 5.69 Å². The smallest absolute Gasteiger partial charge is 0.278 e. The predicted octanol–water partition coefficient (Wildman–Crippen LogP) is 3.13. The zero-order chi connectivity index (χ0) is 12.8. The van der Waals surface area contributed by atoms with Gasteiger partial charge in [0.15, 0.2) is 0 Å². The lowest BCUT2D eigenvalue weighted by atomic mass is 10.1. The third kappa shape index (κ3) is 3.55.